The standard InChI is InChI=1S/C27H30N2O2/c1-2-20-28-27(31)26(24-16-10-5-11-17-24)29(21-23-14-8-4-9-15-23)25(30)19-18-22-12-6-3-7-13-22/h3-17,26H,2,18-21H2,1H3,(H,28,31)/t26-/m1/s1. The van der Waals surface area contributed by atoms with Gasteiger partial charge in [0.05, 0.1) is 0 Å². The van der Waals surface area contributed by atoms with Crippen LogP contribution < -0.4 is 5.32 Å². The predicted octanol–water partition coefficient (Wildman–Crippen LogP) is 4.92. The van der Waals surface area contributed by atoms with Crippen molar-refractivity contribution in [1.29, 1.82) is 0 Å². The van der Waals surface area contributed by atoms with Crippen molar-refractivity contribution >= 4 is 11.8 Å². The number of nitrogens with one attached hydrogen (secondary N) is 1. The molecule has 0 unspecified atom stereocenters. The first-order valence-corrected chi connectivity index (χ1v) is 10.9. The van der Waals surface area contributed by atoms with Crippen LogP contribution in [0.3, 0.4) is 0 Å². The molecule has 0 saturated heterocycles. The quantitative estimate of drug-likeness (QED) is 0.512. The summed E-state index contributed by atoms with van der Waals surface area (Å²) in [5, 5.41) is 2.99. The lowest BCUT2D eigenvalue weighted by Gasteiger charge is -2.32. The van der Waals surface area contributed by atoms with E-state index in [0.29, 0.717) is 25.9 Å². The summed E-state index contributed by atoms with van der Waals surface area (Å²) in [6.07, 6.45) is 1.83. The van der Waals surface area contributed by atoms with Gasteiger partial charge >= 0.3 is 0 Å². The highest BCUT2D eigenvalue weighted by atomic mass is 16.2. The van der Waals surface area contributed by atoms with Gasteiger partial charge in [-0.25, -0.2) is 0 Å². The minimum Gasteiger partial charge on any atom is -0.354 e. The molecule has 0 radical (unpaired) electrons. The number of carbonyl (C=O) groups excluding carboxylic acids is 2. The van der Waals surface area contributed by atoms with Crippen LogP contribution in [0.25, 0.3) is 0 Å². The van der Waals surface area contributed by atoms with Crippen LogP contribution in [-0.4, -0.2) is 23.3 Å². The molecule has 3 aromatic carbocycles. The fraction of sp³-hybridized carbons (Fsp3) is 0.259. The summed E-state index contributed by atoms with van der Waals surface area (Å²) in [6.45, 7) is 2.98. The number of rotatable bonds is 10. The van der Waals surface area contributed by atoms with Crippen molar-refractivity contribution < 1.29 is 9.59 Å². The summed E-state index contributed by atoms with van der Waals surface area (Å²) in [7, 11) is 0. The lowest BCUT2D eigenvalue weighted by atomic mass is 10.0. The van der Waals surface area contributed by atoms with Gasteiger partial charge in [0.1, 0.15) is 6.04 Å². The van der Waals surface area contributed by atoms with Crippen molar-refractivity contribution in [3.05, 3.63) is 108 Å². The van der Waals surface area contributed by atoms with E-state index in [9.17, 15) is 9.59 Å². The molecule has 3 rings (SSSR count). The number of hydrogen-bond donors (Lipinski definition) is 1. The summed E-state index contributed by atoms with van der Waals surface area (Å²) in [6, 6.07) is 28.7. The molecule has 0 aliphatic rings. The number of aryl methyl sites for hydroxylation is 1. The van der Waals surface area contributed by atoms with E-state index in [4.69, 9.17) is 0 Å². The van der Waals surface area contributed by atoms with Gasteiger partial charge in [-0.3, -0.25) is 9.59 Å². The lowest BCUT2D eigenvalue weighted by molar-refractivity contribution is -0.141. The normalized spacial score (nSPS) is 11.5. The number of nitrogens with zero attached hydrogens (tertiary/aromatic N) is 1. The Morgan fingerprint density at radius 1 is 0.806 bits per heavy atom. The second kappa shape index (κ2) is 11.7. The van der Waals surface area contributed by atoms with Gasteiger partial charge in [-0.05, 0) is 29.5 Å². The fourth-order valence-electron chi connectivity index (χ4n) is 3.60. The van der Waals surface area contributed by atoms with Gasteiger partial charge in [0, 0.05) is 19.5 Å². The van der Waals surface area contributed by atoms with Crippen molar-refractivity contribution in [1.82, 2.24) is 10.2 Å². The summed E-state index contributed by atoms with van der Waals surface area (Å²) in [4.78, 5) is 28.4. The van der Waals surface area contributed by atoms with E-state index < -0.39 is 6.04 Å². The van der Waals surface area contributed by atoms with E-state index in [1.54, 1.807) is 4.90 Å². The molecular weight excluding hydrogens is 384 g/mol. The SMILES string of the molecule is CCCNC(=O)[C@@H](c1ccccc1)N(Cc1ccccc1)C(=O)CCc1ccccc1. The average molecular weight is 415 g/mol. The molecule has 0 bridgehead atoms. The van der Waals surface area contributed by atoms with Gasteiger partial charge in [-0.2, -0.15) is 0 Å². The van der Waals surface area contributed by atoms with Crippen LogP contribution in [0, 0.1) is 0 Å². The van der Waals surface area contributed by atoms with E-state index in [1.807, 2.05) is 97.9 Å². The van der Waals surface area contributed by atoms with Crippen LogP contribution in [0.4, 0.5) is 0 Å². The average Bonchev–Trinajstić information content (AvgIpc) is 2.83. The minimum atomic E-state index is -0.670. The number of benzene rings is 3. The Bertz CT molecular complexity index is 943. The van der Waals surface area contributed by atoms with E-state index >= 15 is 0 Å². The van der Waals surface area contributed by atoms with E-state index in [2.05, 4.69) is 5.32 Å². The van der Waals surface area contributed by atoms with Gasteiger partial charge < -0.3 is 10.2 Å². The van der Waals surface area contributed by atoms with Crippen LogP contribution >= 0.6 is 0 Å². The Morgan fingerprint density at radius 2 is 1.35 bits per heavy atom. The highest BCUT2D eigenvalue weighted by molar-refractivity contribution is 5.88. The smallest absolute Gasteiger partial charge is 0.247 e. The highest BCUT2D eigenvalue weighted by Gasteiger charge is 2.31. The van der Waals surface area contributed by atoms with Crippen molar-refractivity contribution in [2.75, 3.05) is 6.54 Å². The predicted molar refractivity (Wildman–Crippen MR) is 124 cm³/mol. The van der Waals surface area contributed by atoms with Crippen LogP contribution in [0.2, 0.25) is 0 Å². The third-order valence-electron chi connectivity index (χ3n) is 5.21. The summed E-state index contributed by atoms with van der Waals surface area (Å²) >= 11 is 0. The molecule has 0 aliphatic heterocycles. The molecule has 0 spiro atoms. The Morgan fingerprint density at radius 3 is 1.94 bits per heavy atom. The molecule has 4 nitrogen and oxygen atoms in total. The Kier molecular flexibility index (Phi) is 8.41. The maximum absolute atomic E-state index is 13.5. The molecule has 0 heterocycles. The maximum atomic E-state index is 13.5. The van der Waals surface area contributed by atoms with E-state index in [1.165, 1.54) is 0 Å². The van der Waals surface area contributed by atoms with E-state index in [0.717, 1.165) is 23.1 Å². The van der Waals surface area contributed by atoms with Crippen molar-refractivity contribution in [3.8, 4) is 0 Å². The lowest BCUT2D eigenvalue weighted by Crippen LogP contribution is -2.43. The van der Waals surface area contributed by atoms with Crippen molar-refractivity contribution in [3.63, 3.8) is 0 Å². The Balaban J connectivity index is 1.90. The molecule has 1 N–H and O–H groups in total. The Hall–Kier alpha value is -3.40. The second-order valence-electron chi connectivity index (χ2n) is 7.60. The zero-order valence-electron chi connectivity index (χ0n) is 18.0. The van der Waals surface area contributed by atoms with Crippen molar-refractivity contribution in [2.45, 2.75) is 38.8 Å². The third-order valence-corrected chi connectivity index (χ3v) is 5.21. The molecule has 2 amide bonds. The molecule has 0 aromatic heterocycles. The van der Waals surface area contributed by atoms with Gasteiger partial charge in [0.25, 0.3) is 0 Å². The van der Waals surface area contributed by atoms with E-state index in [-0.39, 0.29) is 11.8 Å². The molecule has 4 heteroatoms. The molecular formula is C27H30N2O2. The number of carbonyl (C=O) groups is 2. The molecule has 160 valence electrons. The number of amides is 2. The fourth-order valence-corrected chi connectivity index (χ4v) is 3.60. The first-order valence-electron chi connectivity index (χ1n) is 10.9. The summed E-state index contributed by atoms with van der Waals surface area (Å²) in [5.74, 6) is -0.176. The monoisotopic (exact) mass is 414 g/mol. The van der Waals surface area contributed by atoms with Crippen molar-refractivity contribution in [2.24, 2.45) is 0 Å². The minimum absolute atomic E-state index is 0.0341. The first-order chi connectivity index (χ1) is 15.2. The van der Waals surface area contributed by atoms with Crippen LogP contribution in [-0.2, 0) is 22.6 Å². The van der Waals surface area contributed by atoms with Gasteiger partial charge in [0.15, 0.2) is 0 Å². The summed E-state index contributed by atoms with van der Waals surface area (Å²) in [5.41, 5.74) is 2.93. The molecule has 0 fully saturated rings. The molecule has 0 saturated carbocycles. The maximum Gasteiger partial charge on any atom is 0.247 e. The Labute approximate surface area is 184 Å². The third kappa shape index (κ3) is 6.54. The van der Waals surface area contributed by atoms with Gasteiger partial charge in [-0.1, -0.05) is 97.9 Å². The zero-order valence-corrected chi connectivity index (χ0v) is 18.0. The largest absolute Gasteiger partial charge is 0.354 e. The second-order valence-corrected chi connectivity index (χ2v) is 7.60. The van der Waals surface area contributed by atoms with Crippen LogP contribution in [0.1, 0.15) is 42.5 Å². The molecule has 0 aliphatic carbocycles. The van der Waals surface area contributed by atoms with Crippen LogP contribution in [0.15, 0.2) is 91.0 Å². The van der Waals surface area contributed by atoms with Gasteiger partial charge in [0.2, 0.25) is 11.8 Å². The first kappa shape index (κ1) is 22.3. The zero-order chi connectivity index (χ0) is 21.9. The highest BCUT2D eigenvalue weighted by Crippen LogP contribution is 2.25. The molecule has 3 aromatic rings. The van der Waals surface area contributed by atoms with Gasteiger partial charge in [-0.15, -0.1) is 0 Å². The summed E-state index contributed by atoms with van der Waals surface area (Å²) < 4.78 is 0. The number of hydrogen-bond acceptors (Lipinski definition) is 2. The van der Waals surface area contributed by atoms with Crippen LogP contribution in [0.5, 0.6) is 0 Å². The molecule has 31 heavy (non-hydrogen) atoms. The molecule has 1 atom stereocenters. The topological polar surface area (TPSA) is 49.4 Å².